The summed E-state index contributed by atoms with van der Waals surface area (Å²) in [4.78, 5) is 19.9. The Labute approximate surface area is 233 Å². The van der Waals surface area contributed by atoms with Crippen LogP contribution in [0.3, 0.4) is 0 Å². The van der Waals surface area contributed by atoms with Crippen molar-refractivity contribution in [2.75, 3.05) is 0 Å². The van der Waals surface area contributed by atoms with E-state index < -0.39 is 56.2 Å². The molecule has 0 amide bonds. The van der Waals surface area contributed by atoms with Crippen molar-refractivity contribution in [2.45, 2.75) is 26.2 Å². The van der Waals surface area contributed by atoms with Crippen molar-refractivity contribution in [3.63, 3.8) is 0 Å². The van der Waals surface area contributed by atoms with Crippen LogP contribution in [0.1, 0.15) is 22.3 Å². The van der Waals surface area contributed by atoms with Crippen LogP contribution < -0.4 is 9.47 Å². The summed E-state index contributed by atoms with van der Waals surface area (Å²) in [7, 11) is 0. The summed E-state index contributed by atoms with van der Waals surface area (Å²) < 4.78 is 91.9. The van der Waals surface area contributed by atoms with E-state index in [4.69, 9.17) is 9.47 Å². The predicted molar refractivity (Wildman–Crippen MR) is 138 cm³/mol. The van der Waals surface area contributed by atoms with Crippen LogP contribution in [0, 0.1) is 34.1 Å². The molecule has 0 aliphatic rings. The highest BCUT2D eigenvalue weighted by Gasteiger charge is 2.37. The molecule has 42 heavy (non-hydrogen) atoms. The number of halogens is 6. The number of rotatable bonds is 7. The van der Waals surface area contributed by atoms with Crippen molar-refractivity contribution in [1.29, 1.82) is 0 Å². The molecule has 0 unspecified atom stereocenters. The first-order chi connectivity index (χ1) is 19.5. The molecular weight excluding hydrogens is 574 g/mol. The molecule has 14 heteroatoms. The fourth-order valence-electron chi connectivity index (χ4n) is 4.14. The molecule has 4 rings (SSSR count). The van der Waals surface area contributed by atoms with Crippen molar-refractivity contribution < 1.29 is 45.7 Å². The summed E-state index contributed by atoms with van der Waals surface area (Å²) >= 11 is 0. The number of ether oxygens (including phenoxy) is 2. The van der Waals surface area contributed by atoms with E-state index in [2.05, 4.69) is 0 Å². The van der Waals surface area contributed by atoms with E-state index in [1.54, 1.807) is 26.0 Å². The number of nitro groups is 2. The highest BCUT2D eigenvalue weighted by molar-refractivity contribution is 5.72. The zero-order chi connectivity index (χ0) is 31.0. The third kappa shape index (κ3) is 6.43. The molecule has 218 valence electrons. The van der Waals surface area contributed by atoms with Crippen molar-refractivity contribution in [3.05, 3.63) is 115 Å². The lowest BCUT2D eigenvalue weighted by atomic mass is 9.96. The van der Waals surface area contributed by atoms with Crippen LogP contribution in [-0.4, -0.2) is 9.85 Å². The van der Waals surface area contributed by atoms with Gasteiger partial charge in [-0.3, -0.25) is 20.2 Å². The number of hydrogen-bond donors (Lipinski definition) is 0. The number of nitro benzene ring substituents is 2. The van der Waals surface area contributed by atoms with Crippen LogP contribution in [0.2, 0.25) is 0 Å². The quantitative estimate of drug-likeness (QED) is 0.120. The fraction of sp³-hybridized carbons (Fsp3) is 0.143. The van der Waals surface area contributed by atoms with Gasteiger partial charge in [-0.2, -0.15) is 26.3 Å². The molecule has 4 aromatic carbocycles. The number of alkyl halides is 6. The SMILES string of the molecule is Cc1cc(Oc2ccc([N+](=O)[O-])cc2C(F)(F)F)ccc1-c1ccc(Oc2ccc([N+](=O)[O-])cc2C(F)(F)F)cc1C. The van der Waals surface area contributed by atoms with Gasteiger partial charge in [0.1, 0.15) is 34.1 Å². The van der Waals surface area contributed by atoms with Gasteiger partial charge in [-0.15, -0.1) is 0 Å². The lowest BCUT2D eigenvalue weighted by Gasteiger charge is -2.16. The summed E-state index contributed by atoms with van der Waals surface area (Å²) in [5.41, 5.74) is -1.68. The van der Waals surface area contributed by atoms with Crippen LogP contribution >= 0.6 is 0 Å². The lowest BCUT2D eigenvalue weighted by molar-refractivity contribution is -0.385. The van der Waals surface area contributed by atoms with Crippen LogP contribution in [0.25, 0.3) is 11.1 Å². The number of nitrogens with zero attached hydrogens (tertiary/aromatic N) is 2. The molecule has 0 heterocycles. The van der Waals surface area contributed by atoms with Crippen molar-refractivity contribution in [1.82, 2.24) is 0 Å². The molecule has 0 saturated carbocycles. The number of hydrogen-bond acceptors (Lipinski definition) is 6. The average Bonchev–Trinajstić information content (AvgIpc) is 2.88. The molecule has 0 fully saturated rings. The van der Waals surface area contributed by atoms with Crippen molar-refractivity contribution in [2.24, 2.45) is 0 Å². The lowest BCUT2D eigenvalue weighted by Crippen LogP contribution is -2.08. The van der Waals surface area contributed by atoms with Gasteiger partial charge >= 0.3 is 12.4 Å². The van der Waals surface area contributed by atoms with Crippen molar-refractivity contribution >= 4 is 11.4 Å². The van der Waals surface area contributed by atoms with Gasteiger partial charge in [-0.05, 0) is 72.5 Å². The Balaban J connectivity index is 1.61. The number of aryl methyl sites for hydroxylation is 2. The summed E-state index contributed by atoms with van der Waals surface area (Å²) in [6, 6.07) is 13.2. The van der Waals surface area contributed by atoms with E-state index in [9.17, 15) is 46.6 Å². The third-order valence-electron chi connectivity index (χ3n) is 6.10. The molecule has 0 radical (unpaired) electrons. The highest BCUT2D eigenvalue weighted by atomic mass is 19.4. The van der Waals surface area contributed by atoms with Gasteiger partial charge in [-0.1, -0.05) is 12.1 Å². The van der Waals surface area contributed by atoms with Gasteiger partial charge < -0.3 is 9.47 Å². The Bertz CT molecular complexity index is 1580. The maximum absolute atomic E-state index is 13.5. The zero-order valence-electron chi connectivity index (χ0n) is 21.5. The Morgan fingerprint density at radius 1 is 0.571 bits per heavy atom. The van der Waals surface area contributed by atoms with Gasteiger partial charge in [-0.25, -0.2) is 0 Å². The Hall–Kier alpha value is -5.14. The van der Waals surface area contributed by atoms with E-state index in [0.717, 1.165) is 24.3 Å². The smallest absolute Gasteiger partial charge is 0.420 e. The van der Waals surface area contributed by atoms with E-state index in [0.29, 0.717) is 34.4 Å². The van der Waals surface area contributed by atoms with E-state index >= 15 is 0 Å². The van der Waals surface area contributed by atoms with Gasteiger partial charge in [0.05, 0.1) is 9.85 Å². The summed E-state index contributed by atoms with van der Waals surface area (Å²) in [6.45, 7) is 3.33. The van der Waals surface area contributed by atoms with Gasteiger partial charge in [0.15, 0.2) is 0 Å². The molecule has 0 atom stereocenters. The molecule has 0 saturated heterocycles. The molecule has 0 bridgehead atoms. The first-order valence-electron chi connectivity index (χ1n) is 11.8. The first kappa shape index (κ1) is 29.8. The minimum atomic E-state index is -4.91. The Morgan fingerprint density at radius 2 is 0.929 bits per heavy atom. The van der Waals surface area contributed by atoms with E-state index in [1.807, 2.05) is 0 Å². The second-order valence-corrected chi connectivity index (χ2v) is 9.03. The normalized spacial score (nSPS) is 11.7. The molecule has 0 N–H and O–H groups in total. The molecule has 0 spiro atoms. The second kappa shape index (κ2) is 11.0. The molecule has 4 aromatic rings. The van der Waals surface area contributed by atoms with Crippen LogP contribution in [0.5, 0.6) is 23.0 Å². The minimum absolute atomic E-state index is 0.0334. The summed E-state index contributed by atoms with van der Waals surface area (Å²) in [5, 5.41) is 21.8. The van der Waals surface area contributed by atoms with Crippen LogP contribution in [0.15, 0.2) is 72.8 Å². The molecule has 0 aliphatic carbocycles. The molecule has 0 aliphatic heterocycles. The third-order valence-corrected chi connectivity index (χ3v) is 6.10. The molecule has 0 aromatic heterocycles. The van der Waals surface area contributed by atoms with Gasteiger partial charge in [0, 0.05) is 24.3 Å². The topological polar surface area (TPSA) is 105 Å². The minimum Gasteiger partial charge on any atom is -0.457 e. The maximum Gasteiger partial charge on any atom is 0.420 e. The maximum atomic E-state index is 13.5. The van der Waals surface area contributed by atoms with Crippen molar-refractivity contribution in [3.8, 4) is 34.1 Å². The highest BCUT2D eigenvalue weighted by Crippen LogP contribution is 2.42. The predicted octanol–water partition coefficient (Wildman–Crippen LogP) is 9.41. The fourth-order valence-corrected chi connectivity index (χ4v) is 4.14. The summed E-state index contributed by atoms with van der Waals surface area (Å²) in [6.07, 6.45) is -9.82. The summed E-state index contributed by atoms with van der Waals surface area (Å²) in [5.74, 6) is -1.18. The first-order valence-corrected chi connectivity index (χ1v) is 11.8. The van der Waals surface area contributed by atoms with E-state index in [-0.39, 0.29) is 11.5 Å². The standard InChI is InChI=1S/C28H18F6N2O6/c1-15-11-19(41-25-9-3-17(35(37)38)13-23(25)27(29,30)31)5-7-21(15)22-8-6-20(12-16(22)2)42-26-10-4-18(36(39)40)14-24(26)28(32,33)34/h3-14H,1-2H3. The van der Waals surface area contributed by atoms with Crippen LogP contribution in [0.4, 0.5) is 37.7 Å². The van der Waals surface area contributed by atoms with Gasteiger partial charge in [0.25, 0.3) is 11.4 Å². The zero-order valence-corrected chi connectivity index (χ0v) is 21.5. The monoisotopic (exact) mass is 592 g/mol. The second-order valence-electron chi connectivity index (χ2n) is 9.03. The van der Waals surface area contributed by atoms with Crippen LogP contribution in [-0.2, 0) is 12.4 Å². The molecule has 8 nitrogen and oxygen atoms in total. The molecular formula is C28H18F6N2O6. The number of benzene rings is 4. The van der Waals surface area contributed by atoms with E-state index in [1.165, 1.54) is 24.3 Å². The Morgan fingerprint density at radius 3 is 1.21 bits per heavy atom. The Kier molecular flexibility index (Phi) is 7.83. The average molecular weight is 592 g/mol. The number of non-ortho nitro benzene ring substituents is 2. The van der Waals surface area contributed by atoms with Gasteiger partial charge in [0.2, 0.25) is 0 Å². The largest absolute Gasteiger partial charge is 0.457 e.